The maximum absolute atomic E-state index is 12.7. The van der Waals surface area contributed by atoms with Crippen molar-refractivity contribution in [2.45, 2.75) is 58.2 Å². The number of rotatable bonds is 5. The van der Waals surface area contributed by atoms with Crippen LogP contribution in [0, 0.1) is 18.8 Å². The number of hydrogen-bond acceptors (Lipinski definition) is 3. The third kappa shape index (κ3) is 3.46. The first kappa shape index (κ1) is 17.0. The molecule has 2 aliphatic carbocycles. The predicted molar refractivity (Wildman–Crippen MR) is 91.3 cm³/mol. The van der Waals surface area contributed by atoms with Crippen molar-refractivity contribution in [1.82, 2.24) is 10.6 Å². The molecule has 1 fully saturated rings. The molecule has 1 aromatic rings. The summed E-state index contributed by atoms with van der Waals surface area (Å²) < 4.78 is 0. The molecule has 0 saturated heterocycles. The van der Waals surface area contributed by atoms with Gasteiger partial charge in [0, 0.05) is 5.92 Å². The van der Waals surface area contributed by atoms with Crippen LogP contribution in [0.5, 0.6) is 0 Å². The molecule has 3 rings (SSSR count). The van der Waals surface area contributed by atoms with Gasteiger partial charge in [0.2, 0.25) is 11.8 Å². The minimum atomic E-state index is -0.929. The van der Waals surface area contributed by atoms with Crippen molar-refractivity contribution in [1.29, 1.82) is 0 Å². The molecule has 0 heterocycles. The summed E-state index contributed by atoms with van der Waals surface area (Å²) in [4.78, 5) is 24.6. The molecule has 0 aromatic heterocycles. The number of amides is 2. The van der Waals surface area contributed by atoms with Gasteiger partial charge in [-0.2, -0.15) is 0 Å². The van der Waals surface area contributed by atoms with E-state index in [0.29, 0.717) is 5.92 Å². The van der Waals surface area contributed by atoms with E-state index in [2.05, 4.69) is 35.8 Å². The number of aliphatic hydroxyl groups is 1. The van der Waals surface area contributed by atoms with Crippen molar-refractivity contribution in [3.63, 3.8) is 0 Å². The van der Waals surface area contributed by atoms with Gasteiger partial charge in [0.1, 0.15) is 6.04 Å². The third-order valence-electron chi connectivity index (χ3n) is 5.06. The van der Waals surface area contributed by atoms with E-state index < -0.39 is 12.1 Å². The fourth-order valence-electron chi connectivity index (χ4n) is 3.45. The Labute approximate surface area is 142 Å². The fraction of sp³-hybridized carbons (Fsp3) is 0.579. The van der Waals surface area contributed by atoms with Gasteiger partial charge in [-0.3, -0.25) is 9.59 Å². The first-order valence-electron chi connectivity index (χ1n) is 8.75. The first-order chi connectivity index (χ1) is 11.4. The molecule has 4 atom stereocenters. The molecular formula is C19H26N2O3. The summed E-state index contributed by atoms with van der Waals surface area (Å²) in [5.41, 5.74) is 3.57. The SMILES string of the molecule is Cc1ccc2c(c1)[C@H](NC(=O)[C@H](NC(=O)C1CC1)[C@@H](C)O)[C@H](C)C2. The summed E-state index contributed by atoms with van der Waals surface area (Å²) in [5.74, 6) is -0.149. The predicted octanol–water partition coefficient (Wildman–Crippen LogP) is 1.62. The van der Waals surface area contributed by atoms with E-state index in [1.807, 2.05) is 6.92 Å². The van der Waals surface area contributed by atoms with Crippen LogP contribution < -0.4 is 10.6 Å². The number of carbonyl (C=O) groups is 2. The van der Waals surface area contributed by atoms with Crippen LogP contribution in [0.4, 0.5) is 0 Å². The molecule has 5 nitrogen and oxygen atoms in total. The third-order valence-corrected chi connectivity index (χ3v) is 5.06. The Morgan fingerprint density at radius 1 is 1.29 bits per heavy atom. The number of aryl methyl sites for hydroxylation is 1. The van der Waals surface area contributed by atoms with Gasteiger partial charge in [0.25, 0.3) is 0 Å². The lowest BCUT2D eigenvalue weighted by atomic mass is 10.0. The monoisotopic (exact) mass is 330 g/mol. The summed E-state index contributed by atoms with van der Waals surface area (Å²) in [6, 6.07) is 5.34. The quantitative estimate of drug-likeness (QED) is 0.768. The maximum atomic E-state index is 12.7. The number of nitrogens with one attached hydrogen (secondary N) is 2. The van der Waals surface area contributed by atoms with Gasteiger partial charge in [0.15, 0.2) is 0 Å². The van der Waals surface area contributed by atoms with Crippen LogP contribution in [-0.4, -0.2) is 29.1 Å². The van der Waals surface area contributed by atoms with Gasteiger partial charge >= 0.3 is 0 Å². The molecule has 5 heteroatoms. The largest absolute Gasteiger partial charge is 0.391 e. The maximum Gasteiger partial charge on any atom is 0.245 e. The van der Waals surface area contributed by atoms with Crippen molar-refractivity contribution in [2.24, 2.45) is 11.8 Å². The molecule has 2 amide bonds. The second-order valence-electron chi connectivity index (χ2n) is 7.37. The molecule has 0 bridgehead atoms. The van der Waals surface area contributed by atoms with E-state index in [-0.39, 0.29) is 23.8 Å². The van der Waals surface area contributed by atoms with Crippen LogP contribution in [0.25, 0.3) is 0 Å². The Morgan fingerprint density at radius 2 is 2.00 bits per heavy atom. The van der Waals surface area contributed by atoms with Gasteiger partial charge in [-0.25, -0.2) is 0 Å². The Kier molecular flexibility index (Phi) is 4.63. The van der Waals surface area contributed by atoms with Gasteiger partial charge in [0.05, 0.1) is 12.1 Å². The lowest BCUT2D eigenvalue weighted by molar-refractivity contribution is -0.132. The normalized spacial score (nSPS) is 24.8. The summed E-state index contributed by atoms with van der Waals surface area (Å²) in [5, 5.41) is 15.7. The summed E-state index contributed by atoms with van der Waals surface area (Å²) in [6.45, 7) is 5.69. The van der Waals surface area contributed by atoms with Crippen LogP contribution >= 0.6 is 0 Å². The van der Waals surface area contributed by atoms with E-state index >= 15 is 0 Å². The van der Waals surface area contributed by atoms with Crippen molar-refractivity contribution < 1.29 is 14.7 Å². The van der Waals surface area contributed by atoms with Gasteiger partial charge < -0.3 is 15.7 Å². The summed E-state index contributed by atoms with van der Waals surface area (Å²) in [6.07, 6.45) is 1.73. The molecule has 24 heavy (non-hydrogen) atoms. The first-order valence-corrected chi connectivity index (χ1v) is 8.75. The smallest absolute Gasteiger partial charge is 0.245 e. The highest BCUT2D eigenvalue weighted by Gasteiger charge is 2.37. The van der Waals surface area contributed by atoms with E-state index in [9.17, 15) is 14.7 Å². The van der Waals surface area contributed by atoms with Crippen LogP contribution in [0.2, 0.25) is 0 Å². The van der Waals surface area contributed by atoms with Crippen LogP contribution in [0.3, 0.4) is 0 Å². The van der Waals surface area contributed by atoms with Gasteiger partial charge in [-0.05, 0) is 50.2 Å². The van der Waals surface area contributed by atoms with Crippen LogP contribution in [0.15, 0.2) is 18.2 Å². The zero-order valence-corrected chi connectivity index (χ0v) is 14.5. The van der Waals surface area contributed by atoms with E-state index in [4.69, 9.17) is 0 Å². The average molecular weight is 330 g/mol. The molecule has 0 radical (unpaired) electrons. The molecular weight excluding hydrogens is 304 g/mol. The van der Waals surface area contributed by atoms with Crippen molar-refractivity contribution in [3.05, 3.63) is 34.9 Å². The zero-order valence-electron chi connectivity index (χ0n) is 14.5. The standard InChI is InChI=1S/C19H26N2O3/c1-10-4-5-14-9-11(2)16(15(14)8-10)20-19(24)17(12(3)22)21-18(23)13-6-7-13/h4-5,8,11-13,16-17,22H,6-7,9H2,1-3H3,(H,20,24)(H,21,23)/t11-,12-,16-,17-/m1/s1. The van der Waals surface area contributed by atoms with E-state index in [1.54, 1.807) is 0 Å². The lowest BCUT2D eigenvalue weighted by Gasteiger charge is -2.25. The number of carbonyl (C=O) groups excluding carboxylic acids is 2. The average Bonchev–Trinajstić information content (AvgIpc) is 3.32. The number of aliphatic hydroxyl groups excluding tert-OH is 1. The highest BCUT2D eigenvalue weighted by atomic mass is 16.3. The van der Waals surface area contributed by atoms with Crippen molar-refractivity contribution >= 4 is 11.8 Å². The Hall–Kier alpha value is -1.88. The zero-order chi connectivity index (χ0) is 17.4. The molecule has 2 aliphatic rings. The Bertz CT molecular complexity index is 652. The second kappa shape index (κ2) is 6.55. The van der Waals surface area contributed by atoms with Crippen molar-refractivity contribution in [2.75, 3.05) is 0 Å². The summed E-state index contributed by atoms with van der Waals surface area (Å²) in [7, 11) is 0. The van der Waals surface area contributed by atoms with Crippen molar-refractivity contribution in [3.8, 4) is 0 Å². The highest BCUT2D eigenvalue weighted by Crippen LogP contribution is 2.36. The van der Waals surface area contributed by atoms with E-state index in [0.717, 1.165) is 30.4 Å². The highest BCUT2D eigenvalue weighted by molar-refractivity contribution is 5.90. The number of hydrogen-bond donors (Lipinski definition) is 3. The topological polar surface area (TPSA) is 78.4 Å². The molecule has 0 aliphatic heterocycles. The molecule has 3 N–H and O–H groups in total. The fourth-order valence-corrected chi connectivity index (χ4v) is 3.45. The van der Waals surface area contributed by atoms with E-state index in [1.165, 1.54) is 12.5 Å². The van der Waals surface area contributed by atoms with Gasteiger partial charge in [-0.1, -0.05) is 30.7 Å². The van der Waals surface area contributed by atoms with Crippen LogP contribution in [-0.2, 0) is 16.0 Å². The Balaban J connectivity index is 1.72. The number of fused-ring (bicyclic) bond motifs is 1. The molecule has 1 saturated carbocycles. The number of benzene rings is 1. The molecule has 130 valence electrons. The molecule has 0 unspecified atom stereocenters. The summed E-state index contributed by atoms with van der Waals surface area (Å²) >= 11 is 0. The molecule has 1 aromatic carbocycles. The molecule has 0 spiro atoms. The van der Waals surface area contributed by atoms with Crippen LogP contribution in [0.1, 0.15) is 49.4 Å². The minimum Gasteiger partial charge on any atom is -0.391 e. The second-order valence-corrected chi connectivity index (χ2v) is 7.37. The lowest BCUT2D eigenvalue weighted by Crippen LogP contribution is -2.53. The van der Waals surface area contributed by atoms with Gasteiger partial charge in [-0.15, -0.1) is 0 Å². The Morgan fingerprint density at radius 3 is 2.62 bits per heavy atom. The minimum absolute atomic E-state index is 0.00725.